The summed E-state index contributed by atoms with van der Waals surface area (Å²) in [5.74, 6) is 1.16. The maximum Gasteiger partial charge on any atom is 0.255 e. The van der Waals surface area contributed by atoms with E-state index >= 15 is 0 Å². The Morgan fingerprint density at radius 3 is 2.86 bits per heavy atom. The fourth-order valence-electron chi connectivity index (χ4n) is 3.08. The Balaban J connectivity index is 1.39. The maximum atomic E-state index is 12.5. The number of hydrogen-bond acceptors (Lipinski definition) is 6. The van der Waals surface area contributed by atoms with E-state index in [1.807, 2.05) is 24.3 Å². The van der Waals surface area contributed by atoms with E-state index in [0.29, 0.717) is 23.7 Å². The van der Waals surface area contributed by atoms with Crippen molar-refractivity contribution in [1.82, 2.24) is 20.2 Å². The predicted molar refractivity (Wildman–Crippen MR) is 103 cm³/mol. The van der Waals surface area contributed by atoms with Gasteiger partial charge in [0.15, 0.2) is 5.82 Å². The van der Waals surface area contributed by atoms with Crippen LogP contribution < -0.4 is 10.1 Å². The average Bonchev–Trinajstić information content (AvgIpc) is 3.38. The molecule has 4 rings (SSSR count). The molecule has 1 aliphatic heterocycles. The highest BCUT2D eigenvalue weighted by Crippen LogP contribution is 2.21. The van der Waals surface area contributed by atoms with Crippen molar-refractivity contribution in [3.8, 4) is 17.1 Å². The number of tetrazole rings is 1. The van der Waals surface area contributed by atoms with Crippen molar-refractivity contribution in [2.75, 3.05) is 18.5 Å². The highest BCUT2D eigenvalue weighted by Gasteiger charge is 2.16. The fourth-order valence-corrected chi connectivity index (χ4v) is 3.08. The fraction of sp³-hybridized carbons (Fsp3) is 0.300. The average molecular weight is 379 g/mol. The quantitative estimate of drug-likeness (QED) is 0.708. The van der Waals surface area contributed by atoms with E-state index in [1.165, 1.54) is 0 Å². The molecule has 144 valence electrons. The molecule has 0 aliphatic carbocycles. The van der Waals surface area contributed by atoms with Crippen molar-refractivity contribution in [3.63, 3.8) is 0 Å². The number of carbonyl (C=O) groups excluding carboxylic acids is 1. The number of aryl methyl sites for hydroxylation is 1. The summed E-state index contributed by atoms with van der Waals surface area (Å²) in [6.07, 6.45) is 2.28. The van der Waals surface area contributed by atoms with E-state index in [9.17, 15) is 4.79 Å². The first-order valence-electron chi connectivity index (χ1n) is 9.17. The van der Waals surface area contributed by atoms with Crippen molar-refractivity contribution in [2.24, 2.45) is 7.05 Å². The van der Waals surface area contributed by atoms with Crippen LogP contribution in [0.1, 0.15) is 23.2 Å². The summed E-state index contributed by atoms with van der Waals surface area (Å²) in [6.45, 7) is 1.34. The van der Waals surface area contributed by atoms with Crippen LogP contribution in [0.25, 0.3) is 11.4 Å². The third-order valence-corrected chi connectivity index (χ3v) is 4.58. The van der Waals surface area contributed by atoms with Crippen LogP contribution in [-0.4, -0.2) is 45.4 Å². The SMILES string of the molecule is Cn1nnnc1-c1cccc(NC(=O)c2ccc(OC[C@@H]3CCCO3)cc2)c1. The number of carbonyl (C=O) groups is 1. The van der Waals surface area contributed by atoms with Crippen molar-refractivity contribution < 1.29 is 14.3 Å². The van der Waals surface area contributed by atoms with Gasteiger partial charge < -0.3 is 14.8 Å². The minimum absolute atomic E-state index is 0.166. The molecule has 3 aromatic rings. The maximum absolute atomic E-state index is 12.5. The highest BCUT2D eigenvalue weighted by molar-refractivity contribution is 6.04. The third kappa shape index (κ3) is 4.17. The van der Waals surface area contributed by atoms with Crippen LogP contribution in [0.2, 0.25) is 0 Å². The molecule has 28 heavy (non-hydrogen) atoms. The molecule has 8 heteroatoms. The Bertz CT molecular complexity index is 948. The molecule has 0 saturated carbocycles. The van der Waals surface area contributed by atoms with Crippen LogP contribution in [0.3, 0.4) is 0 Å². The highest BCUT2D eigenvalue weighted by atomic mass is 16.5. The van der Waals surface area contributed by atoms with Gasteiger partial charge in [-0.15, -0.1) is 5.10 Å². The minimum atomic E-state index is -0.195. The second-order valence-electron chi connectivity index (χ2n) is 6.63. The number of benzene rings is 2. The lowest BCUT2D eigenvalue weighted by molar-refractivity contribution is 0.0679. The standard InChI is InChI=1S/C20H21N5O3/c1-25-19(22-23-24-25)15-4-2-5-16(12-15)21-20(26)14-7-9-17(10-8-14)28-13-18-6-3-11-27-18/h2,4-5,7-10,12,18H,3,6,11,13H2,1H3,(H,21,26)/t18-/m0/s1. The molecular formula is C20H21N5O3. The molecule has 1 amide bonds. The number of nitrogens with zero attached hydrogens (tertiary/aromatic N) is 4. The Hall–Kier alpha value is -3.26. The summed E-state index contributed by atoms with van der Waals surface area (Å²) in [5, 5.41) is 14.4. The van der Waals surface area contributed by atoms with Gasteiger partial charge in [0.1, 0.15) is 12.4 Å². The molecule has 0 unspecified atom stereocenters. The van der Waals surface area contributed by atoms with Gasteiger partial charge in [-0.2, -0.15) is 0 Å². The second kappa shape index (κ2) is 8.18. The molecule has 8 nitrogen and oxygen atoms in total. The molecule has 1 aromatic heterocycles. The van der Waals surface area contributed by atoms with E-state index in [2.05, 4.69) is 20.8 Å². The molecule has 2 aromatic carbocycles. The van der Waals surface area contributed by atoms with Crippen molar-refractivity contribution in [3.05, 3.63) is 54.1 Å². The van der Waals surface area contributed by atoms with Gasteiger partial charge in [-0.3, -0.25) is 4.79 Å². The topological polar surface area (TPSA) is 91.2 Å². The van der Waals surface area contributed by atoms with Crippen LogP contribution >= 0.6 is 0 Å². The predicted octanol–water partition coefficient (Wildman–Crippen LogP) is 2.69. The van der Waals surface area contributed by atoms with Crippen molar-refractivity contribution in [2.45, 2.75) is 18.9 Å². The lowest BCUT2D eigenvalue weighted by atomic mass is 10.1. The van der Waals surface area contributed by atoms with Crippen LogP contribution in [0.4, 0.5) is 5.69 Å². The zero-order chi connectivity index (χ0) is 19.3. The number of aromatic nitrogens is 4. The molecule has 2 heterocycles. The second-order valence-corrected chi connectivity index (χ2v) is 6.63. The van der Waals surface area contributed by atoms with Gasteiger partial charge in [-0.1, -0.05) is 12.1 Å². The van der Waals surface area contributed by atoms with Gasteiger partial charge in [0, 0.05) is 30.5 Å². The Labute approximate surface area is 162 Å². The first-order chi connectivity index (χ1) is 13.7. The van der Waals surface area contributed by atoms with Crippen LogP contribution in [0, 0.1) is 0 Å². The lowest BCUT2D eigenvalue weighted by Gasteiger charge is -2.12. The summed E-state index contributed by atoms with van der Waals surface area (Å²) in [5.41, 5.74) is 2.04. The summed E-state index contributed by atoms with van der Waals surface area (Å²) >= 11 is 0. The van der Waals surface area contributed by atoms with Gasteiger partial charge in [0.05, 0.1) is 6.10 Å². The summed E-state index contributed by atoms with van der Waals surface area (Å²) in [6, 6.07) is 14.5. The van der Waals surface area contributed by atoms with Crippen LogP contribution in [-0.2, 0) is 11.8 Å². The molecule has 1 atom stereocenters. The van der Waals surface area contributed by atoms with Crippen molar-refractivity contribution >= 4 is 11.6 Å². The Morgan fingerprint density at radius 1 is 1.29 bits per heavy atom. The number of ether oxygens (including phenoxy) is 2. The third-order valence-electron chi connectivity index (χ3n) is 4.58. The summed E-state index contributed by atoms with van der Waals surface area (Å²) < 4.78 is 12.9. The molecular weight excluding hydrogens is 358 g/mol. The molecule has 1 aliphatic rings. The zero-order valence-electron chi connectivity index (χ0n) is 15.5. The van der Waals surface area contributed by atoms with Gasteiger partial charge in [-0.25, -0.2) is 4.68 Å². The number of nitrogens with one attached hydrogen (secondary N) is 1. The normalized spacial score (nSPS) is 16.1. The van der Waals surface area contributed by atoms with Crippen LogP contribution in [0.15, 0.2) is 48.5 Å². The molecule has 0 radical (unpaired) electrons. The molecule has 0 bridgehead atoms. The Morgan fingerprint density at radius 2 is 2.14 bits per heavy atom. The van der Waals surface area contributed by atoms with E-state index in [4.69, 9.17) is 9.47 Å². The number of hydrogen-bond donors (Lipinski definition) is 1. The lowest BCUT2D eigenvalue weighted by Crippen LogP contribution is -2.16. The number of amides is 1. The van der Waals surface area contributed by atoms with Gasteiger partial charge >= 0.3 is 0 Å². The van der Waals surface area contributed by atoms with Gasteiger partial charge in [0.2, 0.25) is 0 Å². The molecule has 1 N–H and O–H groups in total. The molecule has 1 fully saturated rings. The van der Waals surface area contributed by atoms with Crippen LogP contribution in [0.5, 0.6) is 5.75 Å². The van der Waals surface area contributed by atoms with E-state index < -0.39 is 0 Å². The van der Waals surface area contributed by atoms with Gasteiger partial charge in [-0.05, 0) is 59.7 Å². The smallest absolute Gasteiger partial charge is 0.255 e. The monoisotopic (exact) mass is 379 g/mol. The van der Waals surface area contributed by atoms with E-state index in [-0.39, 0.29) is 12.0 Å². The summed E-state index contributed by atoms with van der Waals surface area (Å²) in [4.78, 5) is 12.5. The minimum Gasteiger partial charge on any atom is -0.491 e. The first-order valence-corrected chi connectivity index (χ1v) is 9.17. The Kier molecular flexibility index (Phi) is 5.29. The number of rotatable bonds is 6. The largest absolute Gasteiger partial charge is 0.491 e. The van der Waals surface area contributed by atoms with E-state index in [1.54, 1.807) is 36.0 Å². The zero-order valence-corrected chi connectivity index (χ0v) is 15.5. The van der Waals surface area contributed by atoms with E-state index in [0.717, 1.165) is 30.8 Å². The molecule has 0 spiro atoms. The van der Waals surface area contributed by atoms with Gasteiger partial charge in [0.25, 0.3) is 5.91 Å². The number of anilines is 1. The first kappa shape index (κ1) is 18.1. The summed E-state index contributed by atoms with van der Waals surface area (Å²) in [7, 11) is 1.77. The van der Waals surface area contributed by atoms with Crippen molar-refractivity contribution in [1.29, 1.82) is 0 Å². The molecule has 1 saturated heterocycles.